The van der Waals surface area contributed by atoms with Crippen molar-refractivity contribution in [3.8, 4) is 17.5 Å². The van der Waals surface area contributed by atoms with Gasteiger partial charge in [-0.25, -0.2) is 4.68 Å². The van der Waals surface area contributed by atoms with Crippen molar-refractivity contribution in [2.75, 3.05) is 11.9 Å². The van der Waals surface area contributed by atoms with Crippen molar-refractivity contribution < 1.29 is 22.7 Å². The zero-order chi connectivity index (χ0) is 22.4. The summed E-state index contributed by atoms with van der Waals surface area (Å²) in [6, 6.07) is 13.6. The number of hydrogen-bond acceptors (Lipinski definition) is 4. The Bertz CT molecular complexity index is 1120. The minimum Gasteiger partial charge on any atom is -0.493 e. The number of halogens is 3. The molecule has 1 N–H and O–H groups in total. The van der Waals surface area contributed by atoms with E-state index in [1.807, 2.05) is 6.07 Å². The number of rotatable bonds is 7. The number of unbranched alkanes of at least 4 members (excludes halogenated alkanes) is 1. The van der Waals surface area contributed by atoms with Crippen LogP contribution in [0.1, 0.15) is 34.5 Å². The Morgan fingerprint density at radius 2 is 2.00 bits per heavy atom. The highest BCUT2D eigenvalue weighted by molar-refractivity contribution is 6.05. The first kappa shape index (κ1) is 21.9. The van der Waals surface area contributed by atoms with Crippen LogP contribution in [0.5, 0.6) is 5.75 Å². The van der Waals surface area contributed by atoms with Crippen LogP contribution in [0.25, 0.3) is 5.69 Å². The lowest BCUT2D eigenvalue weighted by Gasteiger charge is -2.11. The van der Waals surface area contributed by atoms with Gasteiger partial charge in [0.05, 0.1) is 41.4 Å². The first-order chi connectivity index (χ1) is 14.8. The molecule has 0 fully saturated rings. The van der Waals surface area contributed by atoms with Crippen LogP contribution in [0, 0.1) is 18.3 Å². The smallest absolute Gasteiger partial charge is 0.416 e. The summed E-state index contributed by atoms with van der Waals surface area (Å²) in [5.41, 5.74) is 0.545. The minimum atomic E-state index is -4.47. The van der Waals surface area contributed by atoms with Gasteiger partial charge in [0.2, 0.25) is 0 Å². The first-order valence-corrected chi connectivity index (χ1v) is 9.43. The van der Waals surface area contributed by atoms with Crippen molar-refractivity contribution in [1.82, 2.24) is 9.78 Å². The molecule has 0 atom stereocenters. The fourth-order valence-electron chi connectivity index (χ4n) is 2.91. The van der Waals surface area contributed by atoms with E-state index in [0.717, 1.165) is 12.1 Å². The molecule has 0 saturated heterocycles. The van der Waals surface area contributed by atoms with Crippen molar-refractivity contribution in [2.24, 2.45) is 0 Å². The molecule has 1 amide bonds. The van der Waals surface area contributed by atoms with Gasteiger partial charge in [-0.1, -0.05) is 12.1 Å². The molecule has 31 heavy (non-hydrogen) atoms. The normalized spacial score (nSPS) is 11.1. The van der Waals surface area contributed by atoms with Gasteiger partial charge in [-0.3, -0.25) is 4.79 Å². The second kappa shape index (κ2) is 9.34. The number of anilines is 1. The van der Waals surface area contributed by atoms with E-state index in [-0.39, 0.29) is 11.3 Å². The number of alkyl halides is 3. The third-order valence-electron chi connectivity index (χ3n) is 4.47. The number of amides is 1. The highest BCUT2D eigenvalue weighted by atomic mass is 19.4. The van der Waals surface area contributed by atoms with Gasteiger partial charge in [0.1, 0.15) is 5.75 Å². The lowest BCUT2D eigenvalue weighted by Crippen LogP contribution is -2.13. The van der Waals surface area contributed by atoms with E-state index in [0.29, 0.717) is 36.6 Å². The second-order valence-corrected chi connectivity index (χ2v) is 6.70. The molecule has 0 aliphatic rings. The van der Waals surface area contributed by atoms with Gasteiger partial charge in [-0.05, 0) is 43.7 Å². The number of carbonyl (C=O) groups excluding carboxylic acids is 1. The molecule has 0 aliphatic heterocycles. The summed E-state index contributed by atoms with van der Waals surface area (Å²) in [5.74, 6) is 0.101. The Hall–Kier alpha value is -3.80. The summed E-state index contributed by atoms with van der Waals surface area (Å²) in [7, 11) is 0. The predicted molar refractivity (Wildman–Crippen MR) is 108 cm³/mol. The molecule has 1 heterocycles. The van der Waals surface area contributed by atoms with Crippen LogP contribution in [-0.4, -0.2) is 22.3 Å². The van der Waals surface area contributed by atoms with Crippen LogP contribution in [0.15, 0.2) is 54.7 Å². The van der Waals surface area contributed by atoms with Gasteiger partial charge in [0.15, 0.2) is 0 Å². The summed E-state index contributed by atoms with van der Waals surface area (Å²) in [6.45, 7) is 1.99. The second-order valence-electron chi connectivity index (χ2n) is 6.70. The Balaban J connectivity index is 1.75. The third kappa shape index (κ3) is 5.42. The van der Waals surface area contributed by atoms with E-state index in [4.69, 9.17) is 10.00 Å². The van der Waals surface area contributed by atoms with Crippen LogP contribution in [-0.2, 0) is 6.18 Å². The van der Waals surface area contributed by atoms with E-state index in [1.54, 1.807) is 31.2 Å². The molecule has 1 aromatic heterocycles. The maximum absolute atomic E-state index is 13.0. The SMILES string of the molecule is Cc1c(C(=O)Nc2cccc(OCCCC#N)c2)cnn1-c1cccc(C(F)(F)F)c1. The van der Waals surface area contributed by atoms with Gasteiger partial charge >= 0.3 is 6.18 Å². The Kier molecular flexibility index (Phi) is 6.60. The largest absolute Gasteiger partial charge is 0.493 e. The third-order valence-corrected chi connectivity index (χ3v) is 4.47. The van der Waals surface area contributed by atoms with Crippen LogP contribution in [0.3, 0.4) is 0 Å². The monoisotopic (exact) mass is 428 g/mol. The molecule has 9 heteroatoms. The maximum Gasteiger partial charge on any atom is 0.416 e. The van der Waals surface area contributed by atoms with Gasteiger partial charge < -0.3 is 10.1 Å². The number of nitrogens with zero attached hydrogens (tertiary/aromatic N) is 3. The standard InChI is InChI=1S/C22H19F3N4O2/c1-15-20(14-27-29(15)18-8-4-6-16(12-18)22(23,24)25)21(30)28-17-7-5-9-19(13-17)31-11-3-2-10-26/h4-9,12-14H,2-3,11H2,1H3,(H,28,30). The lowest BCUT2D eigenvalue weighted by molar-refractivity contribution is -0.137. The predicted octanol–water partition coefficient (Wildman–Crippen LogP) is 5.13. The van der Waals surface area contributed by atoms with Crippen LogP contribution in [0.2, 0.25) is 0 Å². The number of nitriles is 1. The number of aromatic nitrogens is 2. The van der Waals surface area contributed by atoms with Crippen LogP contribution in [0.4, 0.5) is 18.9 Å². The summed E-state index contributed by atoms with van der Waals surface area (Å²) in [5, 5.41) is 15.4. The van der Waals surface area contributed by atoms with E-state index in [1.165, 1.54) is 23.0 Å². The number of hydrogen-bond donors (Lipinski definition) is 1. The highest BCUT2D eigenvalue weighted by Gasteiger charge is 2.30. The van der Waals surface area contributed by atoms with E-state index < -0.39 is 17.6 Å². The Morgan fingerprint density at radius 3 is 2.74 bits per heavy atom. The molecule has 2 aromatic carbocycles. The van der Waals surface area contributed by atoms with Crippen LogP contribution >= 0.6 is 0 Å². The zero-order valence-corrected chi connectivity index (χ0v) is 16.6. The maximum atomic E-state index is 13.0. The van der Waals surface area contributed by atoms with Crippen molar-refractivity contribution in [1.29, 1.82) is 5.26 Å². The Morgan fingerprint density at radius 1 is 1.23 bits per heavy atom. The molecular formula is C22H19F3N4O2. The molecule has 0 bridgehead atoms. The van der Waals surface area contributed by atoms with E-state index >= 15 is 0 Å². The quantitative estimate of drug-likeness (QED) is 0.529. The van der Waals surface area contributed by atoms with Crippen molar-refractivity contribution in [2.45, 2.75) is 25.9 Å². The molecule has 0 spiro atoms. The number of nitrogens with one attached hydrogen (secondary N) is 1. The molecular weight excluding hydrogens is 409 g/mol. The molecule has 3 aromatic rings. The molecule has 0 radical (unpaired) electrons. The average Bonchev–Trinajstić information content (AvgIpc) is 3.12. The summed E-state index contributed by atoms with van der Waals surface area (Å²) in [4.78, 5) is 12.7. The topological polar surface area (TPSA) is 79.9 Å². The molecule has 160 valence electrons. The average molecular weight is 428 g/mol. The van der Waals surface area contributed by atoms with E-state index in [9.17, 15) is 18.0 Å². The van der Waals surface area contributed by atoms with Crippen molar-refractivity contribution >= 4 is 11.6 Å². The fourth-order valence-corrected chi connectivity index (χ4v) is 2.91. The van der Waals surface area contributed by atoms with Crippen molar-refractivity contribution in [3.05, 3.63) is 71.5 Å². The fraction of sp³-hybridized carbons (Fsp3) is 0.227. The minimum absolute atomic E-state index is 0.208. The first-order valence-electron chi connectivity index (χ1n) is 9.43. The van der Waals surface area contributed by atoms with Gasteiger partial charge in [0.25, 0.3) is 5.91 Å². The summed E-state index contributed by atoms with van der Waals surface area (Å²) >= 11 is 0. The number of carbonyl (C=O) groups is 1. The van der Waals surface area contributed by atoms with Gasteiger partial charge in [-0.2, -0.15) is 23.5 Å². The van der Waals surface area contributed by atoms with E-state index in [2.05, 4.69) is 10.4 Å². The molecule has 6 nitrogen and oxygen atoms in total. The molecule has 0 saturated carbocycles. The zero-order valence-electron chi connectivity index (χ0n) is 16.6. The molecule has 0 unspecified atom stereocenters. The van der Waals surface area contributed by atoms with Gasteiger partial charge in [-0.15, -0.1) is 0 Å². The molecule has 0 aliphatic carbocycles. The highest BCUT2D eigenvalue weighted by Crippen LogP contribution is 2.30. The van der Waals surface area contributed by atoms with Crippen molar-refractivity contribution in [3.63, 3.8) is 0 Å². The molecule has 3 rings (SSSR count). The Labute approximate surface area is 176 Å². The number of benzene rings is 2. The number of ether oxygens (including phenoxy) is 1. The van der Waals surface area contributed by atoms with Crippen LogP contribution < -0.4 is 10.1 Å². The summed E-state index contributed by atoms with van der Waals surface area (Å²) in [6.07, 6.45) is -2.17. The summed E-state index contributed by atoms with van der Waals surface area (Å²) < 4.78 is 45.8. The lowest BCUT2D eigenvalue weighted by atomic mass is 10.2. The van der Waals surface area contributed by atoms with Gasteiger partial charge in [0, 0.05) is 18.2 Å².